The predicted molar refractivity (Wildman–Crippen MR) is 87.6 cm³/mol. The molecule has 1 amide bonds. The molecular weight excluding hydrogens is 384 g/mol. The zero-order valence-electron chi connectivity index (χ0n) is 13.4. The van der Waals surface area contributed by atoms with Crippen molar-refractivity contribution in [1.82, 2.24) is 24.9 Å². The molecule has 1 N–H and O–H groups in total. The van der Waals surface area contributed by atoms with E-state index >= 15 is 0 Å². The van der Waals surface area contributed by atoms with E-state index in [2.05, 4.69) is 31.4 Å². The van der Waals surface area contributed by atoms with Gasteiger partial charge in [-0.25, -0.2) is 4.68 Å². The number of hydrogen-bond acceptors (Lipinski definition) is 6. The highest BCUT2D eigenvalue weighted by Gasteiger charge is 2.25. The van der Waals surface area contributed by atoms with Gasteiger partial charge < -0.3 is 10.1 Å². The van der Waals surface area contributed by atoms with Gasteiger partial charge in [-0.2, -0.15) is 5.10 Å². The lowest BCUT2D eigenvalue weighted by atomic mass is 10.3. The van der Waals surface area contributed by atoms with Crippen LogP contribution in [-0.4, -0.2) is 37.5 Å². The highest BCUT2D eigenvalue weighted by atomic mass is 79.9. The number of hydrogen-bond donors (Lipinski definition) is 1. The lowest BCUT2D eigenvalue weighted by Crippen LogP contribution is -2.31. The summed E-state index contributed by atoms with van der Waals surface area (Å²) in [6, 6.07) is -0.732. The molecule has 0 bridgehead atoms. The lowest BCUT2D eigenvalue weighted by Gasteiger charge is -2.13. The summed E-state index contributed by atoms with van der Waals surface area (Å²) in [6.45, 7) is 4.49. The molecule has 2 aromatic heterocycles. The van der Waals surface area contributed by atoms with Gasteiger partial charge in [0.1, 0.15) is 12.2 Å². The van der Waals surface area contributed by atoms with Crippen molar-refractivity contribution in [1.29, 1.82) is 0 Å². The van der Waals surface area contributed by atoms with E-state index in [9.17, 15) is 14.9 Å². The lowest BCUT2D eigenvalue weighted by molar-refractivity contribution is -0.385. The average Bonchev–Trinajstić information content (AvgIpc) is 3.15. The molecule has 0 saturated carbocycles. The van der Waals surface area contributed by atoms with Crippen molar-refractivity contribution in [2.45, 2.75) is 33.0 Å². The molecule has 2 rings (SSSR count). The zero-order valence-corrected chi connectivity index (χ0v) is 15.0. The first-order chi connectivity index (χ1) is 11.4. The largest absolute Gasteiger partial charge is 0.475 e. The summed E-state index contributed by atoms with van der Waals surface area (Å²) in [7, 11) is 1.29. The predicted octanol–water partition coefficient (Wildman–Crippen LogP) is 1.66. The van der Waals surface area contributed by atoms with Crippen LogP contribution in [0.4, 0.5) is 5.69 Å². The highest BCUT2D eigenvalue weighted by molar-refractivity contribution is 9.10. The molecule has 130 valence electrons. The number of carbonyl (C=O) groups excluding carboxylic acids is 1. The number of nitro groups is 1. The van der Waals surface area contributed by atoms with Gasteiger partial charge in [-0.05, 0) is 29.8 Å². The zero-order chi connectivity index (χ0) is 17.9. The smallest absolute Gasteiger partial charge is 0.350 e. The van der Waals surface area contributed by atoms with Crippen molar-refractivity contribution in [2.24, 2.45) is 0 Å². The van der Waals surface area contributed by atoms with Gasteiger partial charge >= 0.3 is 11.6 Å². The summed E-state index contributed by atoms with van der Waals surface area (Å²) in [5.74, 6) is -0.461. The van der Waals surface area contributed by atoms with Crippen molar-refractivity contribution in [3.63, 3.8) is 0 Å². The molecule has 1 atom stereocenters. The topological polar surface area (TPSA) is 117 Å². The van der Waals surface area contributed by atoms with Gasteiger partial charge in [0.15, 0.2) is 0 Å². The summed E-state index contributed by atoms with van der Waals surface area (Å²) < 4.78 is 8.63. The molecule has 0 aromatic carbocycles. The Hall–Kier alpha value is -2.43. The first-order valence-corrected chi connectivity index (χ1v) is 7.93. The van der Waals surface area contributed by atoms with E-state index in [0.717, 1.165) is 10.2 Å². The van der Waals surface area contributed by atoms with Gasteiger partial charge in [0.25, 0.3) is 0 Å². The maximum Gasteiger partial charge on any atom is 0.350 e. The molecule has 2 aromatic rings. The normalized spacial score (nSPS) is 12.0. The van der Waals surface area contributed by atoms with E-state index in [1.807, 2.05) is 6.92 Å². The Kier molecular flexibility index (Phi) is 5.54. The van der Waals surface area contributed by atoms with Crippen molar-refractivity contribution in [3.05, 3.63) is 32.7 Å². The van der Waals surface area contributed by atoms with Gasteiger partial charge in [-0.15, -0.1) is 5.10 Å². The second-order valence-electron chi connectivity index (χ2n) is 4.91. The van der Waals surface area contributed by atoms with E-state index < -0.39 is 11.0 Å². The van der Waals surface area contributed by atoms with Crippen molar-refractivity contribution < 1.29 is 14.5 Å². The molecule has 24 heavy (non-hydrogen) atoms. The Morgan fingerprint density at radius 1 is 1.58 bits per heavy atom. The number of amides is 1. The quantitative estimate of drug-likeness (QED) is 0.557. The molecule has 0 radical (unpaired) electrons. The molecule has 0 saturated heterocycles. The Bertz CT molecular complexity index is 756. The number of halogens is 1. The Morgan fingerprint density at radius 2 is 2.29 bits per heavy atom. The molecule has 0 aliphatic heterocycles. The van der Waals surface area contributed by atoms with Crippen molar-refractivity contribution in [3.8, 4) is 5.88 Å². The van der Waals surface area contributed by atoms with Crippen LogP contribution in [0, 0.1) is 10.1 Å². The van der Waals surface area contributed by atoms with Gasteiger partial charge in [0, 0.05) is 6.54 Å². The van der Waals surface area contributed by atoms with E-state index in [0.29, 0.717) is 6.54 Å². The van der Waals surface area contributed by atoms with E-state index in [4.69, 9.17) is 4.74 Å². The van der Waals surface area contributed by atoms with Crippen LogP contribution in [0.1, 0.15) is 25.6 Å². The summed E-state index contributed by atoms with van der Waals surface area (Å²) in [5.41, 5.74) is 0.547. The van der Waals surface area contributed by atoms with Crippen LogP contribution in [0.15, 0.2) is 16.9 Å². The highest BCUT2D eigenvalue weighted by Crippen LogP contribution is 2.26. The minimum atomic E-state index is -0.732. The van der Waals surface area contributed by atoms with Crippen LogP contribution >= 0.6 is 15.9 Å². The fourth-order valence-corrected chi connectivity index (χ4v) is 2.55. The Labute approximate surface area is 146 Å². The van der Waals surface area contributed by atoms with Crippen molar-refractivity contribution in [2.75, 3.05) is 7.11 Å². The first-order valence-electron chi connectivity index (χ1n) is 7.14. The summed E-state index contributed by atoms with van der Waals surface area (Å²) >= 11 is 3.38. The van der Waals surface area contributed by atoms with Crippen LogP contribution in [0.5, 0.6) is 5.88 Å². The standard InChI is InChI=1S/C13H17BrN6O4/c1-4-18-10(9(14)5-16-18)6-15-12(21)8(2)19-7-11(20(22)23)13(17-19)24-3/h5,7-8H,4,6H2,1-3H3,(H,15,21). The van der Waals surface area contributed by atoms with Crippen LogP contribution in [-0.2, 0) is 17.9 Å². The summed E-state index contributed by atoms with van der Waals surface area (Å²) in [5, 5.41) is 21.8. The second kappa shape index (κ2) is 7.43. The van der Waals surface area contributed by atoms with Gasteiger partial charge in [0.2, 0.25) is 5.91 Å². The average molecular weight is 401 g/mol. The fourth-order valence-electron chi connectivity index (χ4n) is 2.11. The van der Waals surface area contributed by atoms with Gasteiger partial charge in [0.05, 0.1) is 34.9 Å². The van der Waals surface area contributed by atoms with Gasteiger partial charge in [-0.3, -0.25) is 19.6 Å². The van der Waals surface area contributed by atoms with Crippen LogP contribution in [0.25, 0.3) is 0 Å². The monoisotopic (exact) mass is 400 g/mol. The van der Waals surface area contributed by atoms with Crippen molar-refractivity contribution >= 4 is 27.5 Å². The maximum atomic E-state index is 12.3. The number of aromatic nitrogens is 4. The molecule has 0 aliphatic carbocycles. The van der Waals surface area contributed by atoms with Crippen LogP contribution in [0.2, 0.25) is 0 Å². The molecule has 1 unspecified atom stereocenters. The summed E-state index contributed by atoms with van der Waals surface area (Å²) in [4.78, 5) is 22.6. The Morgan fingerprint density at radius 3 is 2.83 bits per heavy atom. The second-order valence-corrected chi connectivity index (χ2v) is 5.76. The van der Waals surface area contributed by atoms with E-state index in [1.54, 1.807) is 17.8 Å². The molecule has 2 heterocycles. The summed E-state index contributed by atoms with van der Waals surface area (Å²) in [6.07, 6.45) is 2.84. The molecule has 0 aliphatic rings. The number of methoxy groups -OCH3 is 1. The molecule has 10 nitrogen and oxygen atoms in total. The van der Waals surface area contributed by atoms with Crippen LogP contribution in [0.3, 0.4) is 0 Å². The number of ether oxygens (including phenoxy) is 1. The van der Waals surface area contributed by atoms with Gasteiger partial charge in [-0.1, -0.05) is 0 Å². The number of nitrogens with zero attached hydrogens (tertiary/aromatic N) is 5. The number of carbonyl (C=O) groups is 1. The third kappa shape index (κ3) is 3.55. The minimum Gasteiger partial charge on any atom is -0.475 e. The fraction of sp³-hybridized carbons (Fsp3) is 0.462. The molecule has 0 fully saturated rings. The maximum absolute atomic E-state index is 12.3. The van der Waals surface area contributed by atoms with Crippen LogP contribution < -0.4 is 10.1 Å². The SMILES string of the molecule is CCn1ncc(Br)c1CNC(=O)C(C)n1cc([N+](=O)[O-])c(OC)n1. The Balaban J connectivity index is 2.10. The minimum absolute atomic E-state index is 0.133. The number of rotatable bonds is 7. The molecule has 11 heteroatoms. The molecular formula is C13H17BrN6O4. The third-order valence-electron chi connectivity index (χ3n) is 3.47. The van der Waals surface area contributed by atoms with E-state index in [1.165, 1.54) is 18.0 Å². The number of nitrogens with one attached hydrogen (secondary N) is 1. The van der Waals surface area contributed by atoms with E-state index in [-0.39, 0.29) is 24.0 Å². The first kappa shape index (κ1) is 17.9. The molecule has 0 spiro atoms. The number of aryl methyl sites for hydroxylation is 1. The third-order valence-corrected chi connectivity index (χ3v) is 4.14.